The number of hydrogen-bond acceptors (Lipinski definition) is 4. The first-order valence-electron chi connectivity index (χ1n) is 7.83. The molecule has 0 amide bonds. The highest BCUT2D eigenvalue weighted by Gasteiger charge is 2.35. The molecule has 0 bridgehead atoms. The smallest absolute Gasteiger partial charge is 0.416 e. The van der Waals surface area contributed by atoms with E-state index in [1.54, 1.807) is 6.07 Å². The van der Waals surface area contributed by atoms with Gasteiger partial charge in [-0.1, -0.05) is 6.07 Å². The van der Waals surface area contributed by atoms with Crippen LogP contribution >= 0.6 is 0 Å². The zero-order chi connectivity index (χ0) is 18.4. The van der Waals surface area contributed by atoms with E-state index in [4.69, 9.17) is 5.73 Å². The van der Waals surface area contributed by atoms with Crippen LogP contribution in [0, 0.1) is 0 Å². The molecule has 0 unspecified atom stereocenters. The molecule has 3 N–H and O–H groups in total. The van der Waals surface area contributed by atoms with E-state index in [0.29, 0.717) is 12.0 Å². The van der Waals surface area contributed by atoms with Crippen molar-refractivity contribution in [3.05, 3.63) is 29.3 Å². The normalized spacial score (nSPS) is 16.1. The molecule has 0 aromatic heterocycles. The molecule has 24 heavy (non-hydrogen) atoms. The fourth-order valence-electron chi connectivity index (χ4n) is 2.45. The third-order valence-corrected chi connectivity index (χ3v) is 3.56. The van der Waals surface area contributed by atoms with Gasteiger partial charge in [-0.05, 0) is 70.3 Å². The number of nitrogen functional groups attached to an aromatic ring is 1. The number of rotatable bonds is 2. The second kappa shape index (κ2) is 8.37. The molecule has 1 heterocycles. The maximum absolute atomic E-state index is 12.9. The fraction of sp³-hybridized carbons (Fsp3) is 0.588. The molecule has 2 rings (SSSR count). The Hall–Kier alpha value is -1.76. The number of carbonyl (C=O) groups excluding carboxylic acids is 1. The molecule has 0 atom stereocenters. The molecule has 1 aromatic carbocycles. The molecule has 1 saturated heterocycles. The minimum Gasteiger partial charge on any atom is -0.462 e. The minimum atomic E-state index is -4.32. The monoisotopic (exact) mass is 346 g/mol. The molecule has 4 nitrogen and oxygen atoms in total. The first kappa shape index (κ1) is 20.3. The van der Waals surface area contributed by atoms with E-state index >= 15 is 0 Å². The predicted molar refractivity (Wildman–Crippen MR) is 87.6 cm³/mol. The summed E-state index contributed by atoms with van der Waals surface area (Å²) in [5.41, 5.74) is 5.09. The topological polar surface area (TPSA) is 64.3 Å². The van der Waals surface area contributed by atoms with Gasteiger partial charge in [-0.3, -0.25) is 4.79 Å². The van der Waals surface area contributed by atoms with Crippen molar-refractivity contribution in [2.45, 2.75) is 51.3 Å². The zero-order valence-electron chi connectivity index (χ0n) is 14.2. The molecule has 0 saturated carbocycles. The third-order valence-electron chi connectivity index (χ3n) is 3.56. The van der Waals surface area contributed by atoms with Gasteiger partial charge in [0.2, 0.25) is 0 Å². The highest BCUT2D eigenvalue weighted by atomic mass is 19.4. The molecule has 7 heteroatoms. The number of nitrogens with one attached hydrogen (secondary N) is 1. The third kappa shape index (κ3) is 6.78. The standard InChI is InChI=1S/C12H15F3N2.C5H10O2/c13-12(14,15)11-7-9(16)1-2-10(11)8-3-5-17-6-4-8;1-5(2,3)7-4-6/h1-2,7-8,17H,3-6,16H2;4H,1-3H3. The van der Waals surface area contributed by atoms with Crippen molar-refractivity contribution in [1.29, 1.82) is 0 Å². The number of carbonyl (C=O) groups is 1. The highest BCUT2D eigenvalue weighted by Crippen LogP contribution is 2.38. The molecule has 0 radical (unpaired) electrons. The quantitative estimate of drug-likeness (QED) is 0.633. The van der Waals surface area contributed by atoms with E-state index in [1.807, 2.05) is 20.8 Å². The maximum Gasteiger partial charge on any atom is 0.416 e. The lowest BCUT2D eigenvalue weighted by molar-refractivity contribution is -0.139. The highest BCUT2D eigenvalue weighted by molar-refractivity contribution is 5.47. The second-order valence-corrected chi connectivity index (χ2v) is 6.70. The lowest BCUT2D eigenvalue weighted by Gasteiger charge is -2.26. The number of benzene rings is 1. The number of anilines is 1. The summed E-state index contributed by atoms with van der Waals surface area (Å²) in [5, 5.41) is 3.15. The average Bonchev–Trinajstić information content (AvgIpc) is 2.46. The Morgan fingerprint density at radius 3 is 2.21 bits per heavy atom. The van der Waals surface area contributed by atoms with Crippen LogP contribution in [0.15, 0.2) is 18.2 Å². The molecule has 136 valence electrons. The van der Waals surface area contributed by atoms with Crippen LogP contribution in [0.2, 0.25) is 0 Å². The van der Waals surface area contributed by atoms with Crippen molar-refractivity contribution in [2.24, 2.45) is 0 Å². The van der Waals surface area contributed by atoms with Crippen molar-refractivity contribution in [3.63, 3.8) is 0 Å². The van der Waals surface area contributed by atoms with E-state index < -0.39 is 11.7 Å². The lowest BCUT2D eigenvalue weighted by Crippen LogP contribution is -2.27. The van der Waals surface area contributed by atoms with Crippen LogP contribution in [0.4, 0.5) is 18.9 Å². The Morgan fingerprint density at radius 2 is 1.79 bits per heavy atom. The Balaban J connectivity index is 0.000000351. The van der Waals surface area contributed by atoms with Crippen LogP contribution in [0.1, 0.15) is 50.7 Å². The number of hydrogen-bond donors (Lipinski definition) is 2. The molecule has 1 fully saturated rings. The molecule has 1 aliphatic rings. The Labute approximate surface area is 140 Å². The Bertz CT molecular complexity index is 534. The average molecular weight is 346 g/mol. The van der Waals surface area contributed by atoms with Crippen molar-refractivity contribution in [1.82, 2.24) is 5.32 Å². The van der Waals surface area contributed by atoms with Crippen LogP contribution in [-0.4, -0.2) is 25.2 Å². The number of piperidine rings is 1. The predicted octanol–water partition coefficient (Wildman–Crippen LogP) is 3.71. The summed E-state index contributed by atoms with van der Waals surface area (Å²) in [7, 11) is 0. The molecular formula is C17H25F3N2O2. The second-order valence-electron chi connectivity index (χ2n) is 6.70. The summed E-state index contributed by atoms with van der Waals surface area (Å²) < 4.78 is 43.3. The molecule has 0 spiro atoms. The summed E-state index contributed by atoms with van der Waals surface area (Å²) in [6.07, 6.45) is -2.84. The summed E-state index contributed by atoms with van der Waals surface area (Å²) in [6, 6.07) is 4.11. The van der Waals surface area contributed by atoms with E-state index in [2.05, 4.69) is 10.1 Å². The zero-order valence-corrected chi connectivity index (χ0v) is 14.2. The van der Waals surface area contributed by atoms with Crippen LogP contribution < -0.4 is 11.1 Å². The molecule has 1 aromatic rings. The van der Waals surface area contributed by atoms with E-state index in [-0.39, 0.29) is 17.2 Å². The van der Waals surface area contributed by atoms with Gasteiger partial charge in [0.1, 0.15) is 5.60 Å². The van der Waals surface area contributed by atoms with Crippen LogP contribution in [0.5, 0.6) is 0 Å². The number of nitrogens with two attached hydrogens (primary N) is 1. The summed E-state index contributed by atoms with van der Waals surface area (Å²) in [5.74, 6) is -0.0199. The van der Waals surface area contributed by atoms with Crippen molar-refractivity contribution < 1.29 is 22.7 Å². The van der Waals surface area contributed by atoms with Crippen LogP contribution in [0.3, 0.4) is 0 Å². The minimum absolute atomic E-state index is 0.0199. The lowest BCUT2D eigenvalue weighted by atomic mass is 9.86. The summed E-state index contributed by atoms with van der Waals surface area (Å²) >= 11 is 0. The number of alkyl halides is 3. The van der Waals surface area contributed by atoms with E-state index in [9.17, 15) is 18.0 Å². The van der Waals surface area contributed by atoms with Gasteiger partial charge >= 0.3 is 6.18 Å². The maximum atomic E-state index is 12.9. The van der Waals surface area contributed by atoms with Gasteiger partial charge in [-0.25, -0.2) is 0 Å². The van der Waals surface area contributed by atoms with Gasteiger partial charge < -0.3 is 15.8 Å². The Kier molecular flexibility index (Phi) is 7.08. The molecular weight excluding hydrogens is 321 g/mol. The van der Waals surface area contributed by atoms with Gasteiger partial charge in [0.25, 0.3) is 6.47 Å². The van der Waals surface area contributed by atoms with Gasteiger partial charge in [-0.15, -0.1) is 0 Å². The summed E-state index contributed by atoms with van der Waals surface area (Å²) in [4.78, 5) is 9.60. The van der Waals surface area contributed by atoms with Gasteiger partial charge in [0.15, 0.2) is 0 Å². The number of halogens is 3. The summed E-state index contributed by atoms with van der Waals surface area (Å²) in [6.45, 7) is 7.46. The van der Waals surface area contributed by atoms with Gasteiger partial charge in [-0.2, -0.15) is 13.2 Å². The van der Waals surface area contributed by atoms with Crippen LogP contribution in [0.25, 0.3) is 0 Å². The van der Waals surface area contributed by atoms with Crippen molar-refractivity contribution in [2.75, 3.05) is 18.8 Å². The van der Waals surface area contributed by atoms with Gasteiger partial charge in [0.05, 0.1) is 5.56 Å². The first-order valence-corrected chi connectivity index (χ1v) is 7.83. The number of ether oxygens (including phenoxy) is 1. The van der Waals surface area contributed by atoms with Crippen molar-refractivity contribution >= 4 is 12.2 Å². The van der Waals surface area contributed by atoms with E-state index in [1.165, 1.54) is 6.07 Å². The largest absolute Gasteiger partial charge is 0.462 e. The van der Waals surface area contributed by atoms with Crippen LogP contribution in [-0.2, 0) is 15.7 Å². The Morgan fingerprint density at radius 1 is 1.21 bits per heavy atom. The van der Waals surface area contributed by atoms with E-state index in [0.717, 1.165) is 32.0 Å². The van der Waals surface area contributed by atoms with Crippen molar-refractivity contribution in [3.8, 4) is 0 Å². The SMILES string of the molecule is CC(C)(C)OC=O.Nc1ccc(C2CCNCC2)c(C(F)(F)F)c1. The molecule has 1 aliphatic heterocycles. The first-order chi connectivity index (χ1) is 11.0. The molecule has 0 aliphatic carbocycles. The fourth-order valence-corrected chi connectivity index (χ4v) is 2.45. The van der Waals surface area contributed by atoms with Gasteiger partial charge in [0, 0.05) is 5.69 Å².